The van der Waals surface area contributed by atoms with E-state index in [-0.39, 0.29) is 17.4 Å². The third-order valence-electron chi connectivity index (χ3n) is 8.49. The second-order valence-corrected chi connectivity index (χ2v) is 11.8. The molecule has 0 radical (unpaired) electrons. The van der Waals surface area contributed by atoms with Gasteiger partial charge in [-0.1, -0.05) is 73.9 Å². The number of nitrogens with zero attached hydrogens (tertiary/aromatic N) is 1. The zero-order valence-corrected chi connectivity index (χ0v) is 25.7. The number of ether oxygens (including phenoxy) is 1. The number of unbranched alkanes of at least 4 members (excludes halogenated alkanes) is 4. The molecule has 45 heavy (non-hydrogen) atoms. The molecule has 1 fully saturated rings. The van der Waals surface area contributed by atoms with E-state index in [4.69, 9.17) is 4.74 Å². The molecule has 1 aliphatic rings. The quantitative estimate of drug-likeness (QED) is 0.108. The van der Waals surface area contributed by atoms with Crippen LogP contribution < -0.4 is 16.2 Å². The highest BCUT2D eigenvalue weighted by Crippen LogP contribution is 2.29. The predicted octanol–water partition coefficient (Wildman–Crippen LogP) is 6.19. The molecule has 4 aromatic rings. The monoisotopic (exact) mass is 612 g/mol. The number of likely N-dealkylation sites (tertiary alicyclic amines) is 1. The van der Waals surface area contributed by atoms with E-state index in [1.807, 2.05) is 54.6 Å². The molecule has 1 amide bonds. The van der Waals surface area contributed by atoms with Crippen LogP contribution in [0.4, 0.5) is 10.5 Å². The van der Waals surface area contributed by atoms with Crippen LogP contribution in [-0.2, 0) is 4.74 Å². The maximum absolute atomic E-state index is 12.7. The van der Waals surface area contributed by atoms with E-state index in [1.165, 1.54) is 25.0 Å². The third kappa shape index (κ3) is 9.17. The number of amides is 1. The largest absolute Gasteiger partial charge is 0.506 e. The topological polar surface area (TPSA) is 127 Å². The highest BCUT2D eigenvalue weighted by molar-refractivity contribution is 5.91. The Labute approximate surface area is 264 Å². The van der Waals surface area contributed by atoms with Crippen molar-refractivity contribution in [2.24, 2.45) is 0 Å². The van der Waals surface area contributed by atoms with E-state index >= 15 is 0 Å². The number of rotatable bonds is 14. The Morgan fingerprint density at radius 3 is 2.47 bits per heavy atom. The van der Waals surface area contributed by atoms with Gasteiger partial charge in [0.15, 0.2) is 0 Å². The van der Waals surface area contributed by atoms with Gasteiger partial charge in [0, 0.05) is 36.7 Å². The van der Waals surface area contributed by atoms with Crippen molar-refractivity contribution in [3.05, 3.63) is 94.8 Å². The first-order valence-corrected chi connectivity index (χ1v) is 16.1. The number of hydrogen-bond donors (Lipinski definition) is 5. The van der Waals surface area contributed by atoms with E-state index in [0.717, 1.165) is 75.1 Å². The lowest BCUT2D eigenvalue weighted by Crippen LogP contribution is -2.38. The van der Waals surface area contributed by atoms with Crippen LogP contribution in [0.25, 0.3) is 22.0 Å². The Morgan fingerprint density at radius 1 is 0.911 bits per heavy atom. The summed E-state index contributed by atoms with van der Waals surface area (Å²) in [4.78, 5) is 29.4. The van der Waals surface area contributed by atoms with Crippen molar-refractivity contribution in [3.63, 3.8) is 0 Å². The van der Waals surface area contributed by atoms with E-state index in [1.54, 1.807) is 12.1 Å². The fraction of sp³-hybridized carbons (Fsp3) is 0.389. The Balaban J connectivity index is 0.912. The van der Waals surface area contributed by atoms with Crippen LogP contribution in [0.3, 0.4) is 0 Å². The van der Waals surface area contributed by atoms with Crippen LogP contribution in [0.5, 0.6) is 5.75 Å². The molecule has 2 heterocycles. The smallest absolute Gasteiger partial charge is 0.411 e. The number of aliphatic hydroxyl groups is 1. The number of aromatic hydroxyl groups is 1. The van der Waals surface area contributed by atoms with Crippen LogP contribution in [0.1, 0.15) is 56.6 Å². The van der Waals surface area contributed by atoms with Gasteiger partial charge in [0.1, 0.15) is 11.9 Å². The van der Waals surface area contributed by atoms with E-state index in [0.29, 0.717) is 23.0 Å². The number of hydrogen-bond acceptors (Lipinski definition) is 7. The summed E-state index contributed by atoms with van der Waals surface area (Å²) in [7, 11) is 0. The van der Waals surface area contributed by atoms with Crippen LogP contribution in [0, 0.1) is 0 Å². The molecule has 9 nitrogen and oxygen atoms in total. The van der Waals surface area contributed by atoms with E-state index in [2.05, 4.69) is 20.5 Å². The third-order valence-corrected chi connectivity index (χ3v) is 8.49. The number of carbonyl (C=O) groups excluding carboxylic acids is 1. The molecule has 0 unspecified atom stereocenters. The fourth-order valence-corrected chi connectivity index (χ4v) is 6.02. The summed E-state index contributed by atoms with van der Waals surface area (Å²) >= 11 is 0. The van der Waals surface area contributed by atoms with Gasteiger partial charge in [-0.2, -0.15) is 0 Å². The molecule has 0 bridgehead atoms. The first-order chi connectivity index (χ1) is 22.0. The minimum absolute atomic E-state index is 0.00773. The summed E-state index contributed by atoms with van der Waals surface area (Å²) in [5.41, 5.74) is 3.51. The molecule has 3 aromatic carbocycles. The summed E-state index contributed by atoms with van der Waals surface area (Å²) < 4.78 is 5.77. The highest BCUT2D eigenvalue weighted by Gasteiger charge is 2.22. The lowest BCUT2D eigenvalue weighted by Gasteiger charge is -2.31. The van der Waals surface area contributed by atoms with Crippen LogP contribution in [-0.4, -0.2) is 65.0 Å². The van der Waals surface area contributed by atoms with Crippen molar-refractivity contribution >= 4 is 22.7 Å². The number of aliphatic hydroxyl groups excluding tert-OH is 1. The average Bonchev–Trinajstić information content (AvgIpc) is 3.05. The van der Waals surface area contributed by atoms with Crippen molar-refractivity contribution in [2.45, 2.75) is 57.2 Å². The first-order valence-electron chi connectivity index (χ1n) is 16.1. The Bertz CT molecular complexity index is 1580. The summed E-state index contributed by atoms with van der Waals surface area (Å²) in [5, 5.41) is 27.6. The Kier molecular flexibility index (Phi) is 11.6. The summed E-state index contributed by atoms with van der Waals surface area (Å²) in [6.45, 7) is 4.18. The van der Waals surface area contributed by atoms with Gasteiger partial charge in [-0.05, 0) is 68.1 Å². The molecule has 1 saturated heterocycles. The Hall–Kier alpha value is -4.18. The molecule has 5 N–H and O–H groups in total. The molecule has 0 spiro atoms. The van der Waals surface area contributed by atoms with Gasteiger partial charge in [0.2, 0.25) is 5.56 Å². The van der Waals surface area contributed by atoms with Gasteiger partial charge >= 0.3 is 6.09 Å². The molecule has 5 rings (SSSR count). The number of phenols is 1. The number of pyridine rings is 1. The summed E-state index contributed by atoms with van der Waals surface area (Å²) in [6.07, 6.45) is 6.18. The van der Waals surface area contributed by atoms with Crippen molar-refractivity contribution in [2.75, 3.05) is 38.0 Å². The van der Waals surface area contributed by atoms with Gasteiger partial charge in [-0.3, -0.25) is 10.1 Å². The number of aromatic amines is 1. The molecule has 0 saturated carbocycles. The van der Waals surface area contributed by atoms with Gasteiger partial charge in [0.05, 0.1) is 17.3 Å². The maximum Gasteiger partial charge on any atom is 0.411 e. The van der Waals surface area contributed by atoms with Crippen molar-refractivity contribution in [1.29, 1.82) is 0 Å². The molecular formula is C36H44N4O5. The second-order valence-electron chi connectivity index (χ2n) is 11.8. The number of aromatic nitrogens is 1. The number of carbonyl (C=O) groups is 1. The fourth-order valence-electron chi connectivity index (χ4n) is 6.02. The van der Waals surface area contributed by atoms with Crippen molar-refractivity contribution < 1.29 is 19.7 Å². The number of fused-ring (bicyclic) bond motifs is 1. The van der Waals surface area contributed by atoms with Gasteiger partial charge in [0.25, 0.3) is 0 Å². The first kappa shape index (κ1) is 32.2. The van der Waals surface area contributed by atoms with Crippen molar-refractivity contribution in [3.8, 4) is 16.9 Å². The molecular weight excluding hydrogens is 568 g/mol. The maximum atomic E-state index is 12.7. The lowest BCUT2D eigenvalue weighted by atomic mass is 10.0. The molecule has 1 aromatic heterocycles. The highest BCUT2D eigenvalue weighted by atomic mass is 16.6. The number of piperidine rings is 1. The van der Waals surface area contributed by atoms with Crippen molar-refractivity contribution in [1.82, 2.24) is 15.2 Å². The van der Waals surface area contributed by atoms with Gasteiger partial charge in [-0.25, -0.2) is 4.79 Å². The number of phenolic OH excluding ortho intramolecular Hbond substituents is 1. The standard InChI is InChI=1S/C36H44N4O5/c41-32-17-15-29(30-16-18-34(43)39-35(30)32)33(42)25-37-21-9-2-1-3-10-22-40-23-19-27(20-24-40)45-36(44)38-31-14-8-7-13-28(31)26-11-5-4-6-12-26/h4-8,11-18,27,33,37,41-42H,1-3,9-10,19-25H2,(H,38,44)(H,39,43)/t33-/m1/s1. The molecule has 0 aliphatic carbocycles. The van der Waals surface area contributed by atoms with Crippen LogP contribution >= 0.6 is 0 Å². The summed E-state index contributed by atoms with van der Waals surface area (Å²) in [5.74, 6) is -0.00773. The summed E-state index contributed by atoms with van der Waals surface area (Å²) in [6, 6.07) is 24.0. The van der Waals surface area contributed by atoms with Gasteiger partial charge in [-0.15, -0.1) is 0 Å². The number of para-hydroxylation sites is 1. The van der Waals surface area contributed by atoms with Gasteiger partial charge < -0.3 is 30.2 Å². The SMILES string of the molecule is O=C(Nc1ccccc1-c1ccccc1)OC1CCN(CCCCCCCNC[C@@H](O)c2ccc(O)c3[nH]c(=O)ccc23)CC1. The lowest BCUT2D eigenvalue weighted by molar-refractivity contribution is 0.0584. The average molecular weight is 613 g/mol. The molecule has 9 heteroatoms. The minimum Gasteiger partial charge on any atom is -0.506 e. The van der Waals surface area contributed by atoms with E-state index < -0.39 is 12.2 Å². The molecule has 238 valence electrons. The number of nitrogens with one attached hydrogen (secondary N) is 3. The van der Waals surface area contributed by atoms with E-state index in [9.17, 15) is 19.8 Å². The zero-order valence-electron chi connectivity index (χ0n) is 25.7. The number of anilines is 1. The molecule has 1 atom stereocenters. The number of benzene rings is 3. The minimum atomic E-state index is -0.737. The predicted molar refractivity (Wildman–Crippen MR) is 179 cm³/mol. The Morgan fingerprint density at radius 2 is 1.64 bits per heavy atom. The molecule has 1 aliphatic heterocycles. The van der Waals surface area contributed by atoms with Crippen LogP contribution in [0.2, 0.25) is 0 Å². The zero-order chi connectivity index (χ0) is 31.4. The second kappa shape index (κ2) is 16.2. The normalized spacial score (nSPS) is 14.8. The van der Waals surface area contributed by atoms with Crippen LogP contribution in [0.15, 0.2) is 83.7 Å². The number of H-pyrrole nitrogens is 1.